The number of pyridine rings is 1. The lowest BCUT2D eigenvalue weighted by Crippen LogP contribution is -2.10. The van der Waals surface area contributed by atoms with Crippen molar-refractivity contribution in [3.8, 4) is 23.1 Å². The summed E-state index contributed by atoms with van der Waals surface area (Å²) in [7, 11) is 6.14. The minimum Gasteiger partial charge on any atom is -0.496 e. The van der Waals surface area contributed by atoms with Crippen molar-refractivity contribution in [3.63, 3.8) is 0 Å². The van der Waals surface area contributed by atoms with Crippen LogP contribution in [-0.4, -0.2) is 50.4 Å². The molecule has 0 saturated carbocycles. The number of methoxy groups -OCH3 is 4. The van der Waals surface area contributed by atoms with E-state index in [2.05, 4.69) is 10.3 Å². The maximum absolute atomic E-state index is 11.9. The van der Waals surface area contributed by atoms with Crippen LogP contribution in [0.3, 0.4) is 0 Å². The highest BCUT2D eigenvalue weighted by atomic mass is 32.2. The van der Waals surface area contributed by atoms with Gasteiger partial charge >= 0.3 is 5.97 Å². The average molecular weight is 461 g/mol. The molecule has 0 bridgehead atoms. The van der Waals surface area contributed by atoms with Gasteiger partial charge in [-0.1, -0.05) is 0 Å². The number of aliphatic carboxylic acids is 1. The van der Waals surface area contributed by atoms with E-state index >= 15 is 0 Å². The van der Waals surface area contributed by atoms with Crippen LogP contribution in [0.1, 0.15) is 11.1 Å². The molecule has 32 heavy (non-hydrogen) atoms. The molecule has 1 aromatic carbocycles. The first-order chi connectivity index (χ1) is 15.4. The number of thioether (sulfide) groups is 1. The van der Waals surface area contributed by atoms with E-state index in [0.29, 0.717) is 28.7 Å². The van der Waals surface area contributed by atoms with Crippen molar-refractivity contribution in [2.45, 2.75) is 5.75 Å². The van der Waals surface area contributed by atoms with E-state index in [1.54, 1.807) is 45.7 Å². The van der Waals surface area contributed by atoms with Crippen LogP contribution < -0.4 is 24.3 Å². The first-order valence-corrected chi connectivity index (χ1v) is 10.3. The summed E-state index contributed by atoms with van der Waals surface area (Å²) in [6, 6.07) is 5.26. The maximum Gasteiger partial charge on any atom is 0.328 e. The fourth-order valence-electron chi connectivity index (χ4n) is 2.61. The number of carbonyl (C=O) groups excluding carboxylic acids is 1. The van der Waals surface area contributed by atoms with Crippen molar-refractivity contribution < 1.29 is 33.6 Å². The Bertz CT molecular complexity index is 996. The lowest BCUT2D eigenvalue weighted by molar-refractivity contribution is -0.131. The summed E-state index contributed by atoms with van der Waals surface area (Å²) in [5.74, 6) is 0.817. The zero-order valence-corrected chi connectivity index (χ0v) is 18.9. The molecule has 0 atom stereocenters. The van der Waals surface area contributed by atoms with Gasteiger partial charge in [-0.05, 0) is 23.1 Å². The summed E-state index contributed by atoms with van der Waals surface area (Å²) in [5, 5.41) is 13.1. The predicted molar refractivity (Wildman–Crippen MR) is 123 cm³/mol. The Morgan fingerprint density at radius 3 is 2.28 bits per heavy atom. The van der Waals surface area contributed by atoms with Crippen LogP contribution in [0.2, 0.25) is 0 Å². The number of carboxylic acid groups (broad SMARTS) is 1. The number of nitrogens with one attached hydrogen (secondary N) is 1. The summed E-state index contributed by atoms with van der Waals surface area (Å²) in [6.07, 6.45) is 5.18. The van der Waals surface area contributed by atoms with Crippen molar-refractivity contribution in [1.29, 1.82) is 0 Å². The Morgan fingerprint density at radius 1 is 1.03 bits per heavy atom. The molecule has 10 heteroatoms. The van der Waals surface area contributed by atoms with Gasteiger partial charge in [0, 0.05) is 36.2 Å². The number of ether oxygens (including phenoxy) is 4. The number of benzene rings is 1. The second kappa shape index (κ2) is 12.3. The van der Waals surface area contributed by atoms with Gasteiger partial charge in [0.2, 0.25) is 11.8 Å². The highest BCUT2D eigenvalue weighted by Gasteiger charge is 2.11. The molecule has 1 amide bonds. The van der Waals surface area contributed by atoms with E-state index in [1.165, 1.54) is 18.9 Å². The van der Waals surface area contributed by atoms with Gasteiger partial charge < -0.3 is 29.4 Å². The molecule has 2 N–H and O–H groups in total. The molecule has 0 unspecified atom stereocenters. The molecule has 170 valence electrons. The third-order valence-electron chi connectivity index (χ3n) is 4.07. The Kier molecular flexibility index (Phi) is 9.43. The topological polar surface area (TPSA) is 116 Å². The molecule has 0 radical (unpaired) electrons. The van der Waals surface area contributed by atoms with Crippen LogP contribution in [0, 0.1) is 0 Å². The second-order valence-corrected chi connectivity index (χ2v) is 7.01. The number of nitrogens with zero attached hydrogens (tertiary/aromatic N) is 1. The quantitative estimate of drug-likeness (QED) is 0.485. The van der Waals surface area contributed by atoms with Gasteiger partial charge in [-0.3, -0.25) is 4.79 Å². The highest BCUT2D eigenvalue weighted by Crippen LogP contribution is 2.35. The maximum atomic E-state index is 11.9. The molecule has 9 nitrogen and oxygen atoms in total. The van der Waals surface area contributed by atoms with Crippen molar-refractivity contribution in [2.75, 3.05) is 33.8 Å². The number of hydrogen-bond acceptors (Lipinski definition) is 8. The summed E-state index contributed by atoms with van der Waals surface area (Å²) >= 11 is 1.50. The fourth-order valence-corrected chi connectivity index (χ4v) is 3.28. The molecule has 0 aliphatic carbocycles. The number of rotatable bonds is 11. The minimum atomic E-state index is -1.22. The SMILES string of the molecule is COc1cc(OC)c(/C=C/SCc2cnc(OC)c(NC(=O)/C=C\C(=O)O)c2)c(OC)c1. The largest absolute Gasteiger partial charge is 0.496 e. The average Bonchev–Trinajstić information content (AvgIpc) is 2.80. The van der Waals surface area contributed by atoms with Crippen molar-refractivity contribution in [1.82, 2.24) is 4.98 Å². The summed E-state index contributed by atoms with van der Waals surface area (Å²) in [5.41, 5.74) is 1.94. The molecular weight excluding hydrogens is 436 g/mol. The Labute approximate surface area is 190 Å². The first kappa shape index (κ1) is 24.6. The van der Waals surface area contributed by atoms with Gasteiger partial charge in [0.25, 0.3) is 0 Å². The molecule has 1 aromatic heterocycles. The van der Waals surface area contributed by atoms with Crippen molar-refractivity contribution >= 4 is 35.4 Å². The highest BCUT2D eigenvalue weighted by molar-refractivity contribution is 8.01. The van der Waals surface area contributed by atoms with Crippen LogP contribution in [0.25, 0.3) is 6.08 Å². The molecule has 2 rings (SSSR count). The van der Waals surface area contributed by atoms with E-state index in [-0.39, 0.29) is 5.88 Å². The Hall–Kier alpha value is -3.66. The van der Waals surface area contributed by atoms with Crippen LogP contribution in [-0.2, 0) is 15.3 Å². The summed E-state index contributed by atoms with van der Waals surface area (Å²) < 4.78 is 21.3. The monoisotopic (exact) mass is 460 g/mol. The Morgan fingerprint density at radius 2 is 1.72 bits per heavy atom. The number of carboxylic acids is 1. The van der Waals surface area contributed by atoms with Crippen LogP contribution in [0.5, 0.6) is 23.1 Å². The number of carbonyl (C=O) groups is 2. The summed E-state index contributed by atoms with van der Waals surface area (Å²) in [6.45, 7) is 0. The molecule has 0 spiro atoms. The summed E-state index contributed by atoms with van der Waals surface area (Å²) in [4.78, 5) is 26.6. The molecule has 0 saturated heterocycles. The molecule has 1 heterocycles. The molecule has 0 aliphatic rings. The van der Waals surface area contributed by atoms with Crippen LogP contribution in [0.4, 0.5) is 5.69 Å². The van der Waals surface area contributed by atoms with E-state index in [0.717, 1.165) is 23.3 Å². The second-order valence-electron chi connectivity index (χ2n) is 6.12. The molecule has 0 aliphatic heterocycles. The van der Waals surface area contributed by atoms with Crippen LogP contribution in [0.15, 0.2) is 42.0 Å². The van der Waals surface area contributed by atoms with Crippen molar-refractivity contribution in [3.05, 3.63) is 53.1 Å². The standard InChI is InChI=1S/C22H24N2O7S/c1-28-15-10-18(29-2)16(19(11-15)30-3)7-8-32-13-14-9-17(22(31-4)23-12-14)24-20(25)5-6-21(26)27/h5-12H,13H2,1-4H3,(H,24,25)(H,26,27)/b6-5-,8-7+. The zero-order chi connectivity index (χ0) is 23.5. The predicted octanol–water partition coefficient (Wildman–Crippen LogP) is 3.60. The van der Waals surface area contributed by atoms with Gasteiger partial charge in [0.05, 0.1) is 34.0 Å². The van der Waals surface area contributed by atoms with E-state index in [1.807, 2.05) is 11.5 Å². The number of aromatic nitrogens is 1. The van der Waals surface area contributed by atoms with E-state index < -0.39 is 11.9 Å². The number of anilines is 1. The third-order valence-corrected chi connectivity index (χ3v) is 4.90. The Balaban J connectivity index is 2.12. The van der Waals surface area contributed by atoms with Gasteiger partial charge in [0.1, 0.15) is 22.9 Å². The van der Waals surface area contributed by atoms with Crippen molar-refractivity contribution in [2.24, 2.45) is 0 Å². The molecule has 0 fully saturated rings. The lowest BCUT2D eigenvalue weighted by Gasteiger charge is -2.12. The zero-order valence-electron chi connectivity index (χ0n) is 18.1. The van der Waals surface area contributed by atoms with Gasteiger partial charge in [0.15, 0.2) is 0 Å². The number of hydrogen-bond donors (Lipinski definition) is 2. The minimum absolute atomic E-state index is 0.221. The van der Waals surface area contributed by atoms with Gasteiger partial charge in [-0.15, -0.1) is 11.8 Å². The fraction of sp³-hybridized carbons (Fsp3) is 0.227. The molecule has 2 aromatic rings. The van der Waals surface area contributed by atoms with Crippen LogP contribution >= 0.6 is 11.8 Å². The first-order valence-electron chi connectivity index (χ1n) is 9.24. The third kappa shape index (κ3) is 6.95. The number of amides is 1. The smallest absolute Gasteiger partial charge is 0.328 e. The van der Waals surface area contributed by atoms with Gasteiger partial charge in [-0.25, -0.2) is 9.78 Å². The van der Waals surface area contributed by atoms with E-state index in [9.17, 15) is 9.59 Å². The lowest BCUT2D eigenvalue weighted by atomic mass is 10.1. The van der Waals surface area contributed by atoms with E-state index in [4.69, 9.17) is 24.1 Å². The van der Waals surface area contributed by atoms with Gasteiger partial charge in [-0.2, -0.15) is 0 Å². The molecular formula is C22H24N2O7S. The normalized spacial score (nSPS) is 10.9.